The molecule has 0 atom stereocenters. The Labute approximate surface area is 165 Å². The molecule has 0 spiro atoms. The number of hydrogen-bond donors (Lipinski definition) is 1. The zero-order valence-corrected chi connectivity index (χ0v) is 17.2. The standard InChI is InChI=1S/C20H26N2O3S2/c1-22(15-20(23)21-12-13-26-18-8-4-5-9-18)27(24,25)19-11-10-16-6-2-3-7-17(16)14-19/h2-3,6-7,10-11,14,18H,4-5,8-9,12-13,15H2,1H3,(H,21,23). The molecule has 0 heterocycles. The highest BCUT2D eigenvalue weighted by Gasteiger charge is 2.23. The van der Waals surface area contributed by atoms with E-state index in [1.54, 1.807) is 18.2 Å². The lowest BCUT2D eigenvalue weighted by atomic mass is 10.1. The van der Waals surface area contributed by atoms with E-state index in [1.165, 1.54) is 32.7 Å². The summed E-state index contributed by atoms with van der Waals surface area (Å²) in [5, 5.41) is 5.39. The summed E-state index contributed by atoms with van der Waals surface area (Å²) in [5.74, 6) is 0.603. The van der Waals surface area contributed by atoms with Gasteiger partial charge in [0.25, 0.3) is 0 Å². The third kappa shape index (κ3) is 5.24. The van der Waals surface area contributed by atoms with E-state index in [-0.39, 0.29) is 17.3 Å². The molecule has 1 saturated carbocycles. The van der Waals surface area contributed by atoms with Gasteiger partial charge in [0, 0.05) is 24.6 Å². The Morgan fingerprint density at radius 3 is 2.59 bits per heavy atom. The molecular formula is C20H26N2O3S2. The molecule has 7 heteroatoms. The van der Waals surface area contributed by atoms with Crippen LogP contribution in [-0.2, 0) is 14.8 Å². The van der Waals surface area contributed by atoms with Gasteiger partial charge in [-0.05, 0) is 35.7 Å². The number of rotatable bonds is 8. The molecule has 27 heavy (non-hydrogen) atoms. The molecule has 0 radical (unpaired) electrons. The molecule has 0 unspecified atom stereocenters. The number of benzene rings is 2. The fourth-order valence-corrected chi connectivity index (χ4v) is 5.70. The number of sulfonamides is 1. The van der Waals surface area contributed by atoms with Crippen LogP contribution in [0.2, 0.25) is 0 Å². The van der Waals surface area contributed by atoms with Crippen LogP contribution in [0.25, 0.3) is 10.8 Å². The Morgan fingerprint density at radius 2 is 1.85 bits per heavy atom. The summed E-state index contributed by atoms with van der Waals surface area (Å²) in [6.07, 6.45) is 5.15. The van der Waals surface area contributed by atoms with Gasteiger partial charge >= 0.3 is 0 Å². The molecule has 1 aliphatic carbocycles. The monoisotopic (exact) mass is 406 g/mol. The van der Waals surface area contributed by atoms with Crippen molar-refractivity contribution >= 4 is 38.5 Å². The number of thioether (sulfide) groups is 1. The van der Waals surface area contributed by atoms with Crippen LogP contribution in [0.15, 0.2) is 47.4 Å². The van der Waals surface area contributed by atoms with E-state index in [0.717, 1.165) is 26.1 Å². The zero-order chi connectivity index (χ0) is 19.3. The van der Waals surface area contributed by atoms with Gasteiger partial charge in [0.2, 0.25) is 15.9 Å². The zero-order valence-electron chi connectivity index (χ0n) is 15.6. The van der Waals surface area contributed by atoms with E-state index in [0.29, 0.717) is 6.54 Å². The van der Waals surface area contributed by atoms with Gasteiger partial charge in [0.05, 0.1) is 11.4 Å². The summed E-state index contributed by atoms with van der Waals surface area (Å²) in [5.41, 5.74) is 0. The lowest BCUT2D eigenvalue weighted by Crippen LogP contribution is -2.39. The highest BCUT2D eigenvalue weighted by Crippen LogP contribution is 2.28. The highest BCUT2D eigenvalue weighted by atomic mass is 32.2. The van der Waals surface area contributed by atoms with Crippen molar-refractivity contribution in [3.8, 4) is 0 Å². The van der Waals surface area contributed by atoms with Crippen molar-refractivity contribution in [2.24, 2.45) is 0 Å². The molecule has 2 aromatic carbocycles. The van der Waals surface area contributed by atoms with Crippen molar-refractivity contribution in [2.45, 2.75) is 35.8 Å². The molecule has 146 valence electrons. The van der Waals surface area contributed by atoms with Crippen molar-refractivity contribution in [3.63, 3.8) is 0 Å². The van der Waals surface area contributed by atoms with Crippen LogP contribution in [0, 0.1) is 0 Å². The summed E-state index contributed by atoms with van der Waals surface area (Å²) >= 11 is 1.90. The first-order valence-electron chi connectivity index (χ1n) is 9.30. The Hall–Kier alpha value is -1.57. The van der Waals surface area contributed by atoms with Crippen LogP contribution in [0.1, 0.15) is 25.7 Å². The number of hydrogen-bond acceptors (Lipinski definition) is 4. The molecule has 2 aromatic rings. The van der Waals surface area contributed by atoms with Gasteiger partial charge in [-0.15, -0.1) is 0 Å². The average Bonchev–Trinajstić information content (AvgIpc) is 3.18. The van der Waals surface area contributed by atoms with Crippen molar-refractivity contribution < 1.29 is 13.2 Å². The number of nitrogens with zero attached hydrogens (tertiary/aromatic N) is 1. The smallest absolute Gasteiger partial charge is 0.243 e. The molecule has 0 bridgehead atoms. The maximum absolute atomic E-state index is 12.8. The predicted molar refractivity (Wildman–Crippen MR) is 111 cm³/mol. The Morgan fingerprint density at radius 1 is 1.15 bits per heavy atom. The minimum Gasteiger partial charge on any atom is -0.354 e. The van der Waals surface area contributed by atoms with Gasteiger partial charge in [0.1, 0.15) is 0 Å². The van der Waals surface area contributed by atoms with Gasteiger partial charge in [-0.1, -0.05) is 43.2 Å². The Bertz CT molecular complexity index is 893. The minimum absolute atomic E-state index is 0.177. The van der Waals surface area contributed by atoms with Gasteiger partial charge < -0.3 is 5.32 Å². The molecule has 5 nitrogen and oxygen atoms in total. The van der Waals surface area contributed by atoms with Crippen LogP contribution >= 0.6 is 11.8 Å². The van der Waals surface area contributed by atoms with E-state index in [1.807, 2.05) is 36.0 Å². The molecule has 1 N–H and O–H groups in total. The molecular weight excluding hydrogens is 380 g/mol. The first-order valence-corrected chi connectivity index (χ1v) is 11.8. The number of carbonyl (C=O) groups is 1. The van der Waals surface area contributed by atoms with E-state index in [9.17, 15) is 13.2 Å². The summed E-state index contributed by atoms with van der Waals surface area (Å²) in [6.45, 7) is 0.396. The number of likely N-dealkylation sites (N-methyl/N-ethyl adjacent to an activating group) is 1. The molecule has 0 saturated heterocycles. The first kappa shape index (κ1) is 20.2. The lowest BCUT2D eigenvalue weighted by Gasteiger charge is -2.17. The molecule has 1 fully saturated rings. The fourth-order valence-electron chi connectivity index (χ4n) is 3.32. The van der Waals surface area contributed by atoms with Gasteiger partial charge in [0.15, 0.2) is 0 Å². The maximum Gasteiger partial charge on any atom is 0.243 e. The largest absolute Gasteiger partial charge is 0.354 e. The summed E-state index contributed by atoms with van der Waals surface area (Å²) in [4.78, 5) is 12.3. The van der Waals surface area contributed by atoms with E-state index in [4.69, 9.17) is 0 Å². The van der Waals surface area contributed by atoms with Crippen LogP contribution < -0.4 is 5.32 Å². The normalized spacial score (nSPS) is 15.5. The molecule has 3 rings (SSSR count). The average molecular weight is 407 g/mol. The van der Waals surface area contributed by atoms with Crippen molar-refractivity contribution in [1.29, 1.82) is 0 Å². The second-order valence-electron chi connectivity index (χ2n) is 6.90. The fraction of sp³-hybridized carbons (Fsp3) is 0.450. The summed E-state index contributed by atoms with van der Waals surface area (Å²) in [6, 6.07) is 12.6. The highest BCUT2D eigenvalue weighted by molar-refractivity contribution is 7.99. The molecule has 1 amide bonds. The van der Waals surface area contributed by atoms with Crippen molar-refractivity contribution in [1.82, 2.24) is 9.62 Å². The molecule has 0 aliphatic heterocycles. The molecule has 1 aliphatic rings. The van der Waals surface area contributed by atoms with E-state index in [2.05, 4.69) is 5.32 Å². The lowest BCUT2D eigenvalue weighted by molar-refractivity contribution is -0.121. The van der Waals surface area contributed by atoms with E-state index >= 15 is 0 Å². The van der Waals surface area contributed by atoms with Crippen LogP contribution in [0.4, 0.5) is 0 Å². The Kier molecular flexibility index (Phi) is 6.78. The van der Waals surface area contributed by atoms with Gasteiger partial charge in [-0.2, -0.15) is 16.1 Å². The second-order valence-corrected chi connectivity index (χ2v) is 10.4. The van der Waals surface area contributed by atoms with Crippen LogP contribution in [-0.4, -0.2) is 49.8 Å². The predicted octanol–water partition coefficient (Wildman–Crippen LogP) is 3.25. The van der Waals surface area contributed by atoms with Crippen LogP contribution in [0.5, 0.6) is 0 Å². The van der Waals surface area contributed by atoms with Gasteiger partial charge in [-0.25, -0.2) is 8.42 Å². The SMILES string of the molecule is CN(CC(=O)NCCSC1CCCC1)S(=O)(=O)c1ccc2ccccc2c1. The third-order valence-electron chi connectivity index (χ3n) is 4.88. The molecule has 0 aromatic heterocycles. The van der Waals surface area contributed by atoms with Crippen molar-refractivity contribution in [2.75, 3.05) is 25.9 Å². The van der Waals surface area contributed by atoms with Gasteiger partial charge in [-0.3, -0.25) is 4.79 Å². The maximum atomic E-state index is 12.8. The first-order chi connectivity index (χ1) is 13.0. The van der Waals surface area contributed by atoms with Crippen LogP contribution in [0.3, 0.4) is 0 Å². The number of amides is 1. The quantitative estimate of drug-likeness (QED) is 0.684. The number of carbonyl (C=O) groups excluding carboxylic acids is 1. The van der Waals surface area contributed by atoms with Crippen molar-refractivity contribution in [3.05, 3.63) is 42.5 Å². The number of nitrogens with one attached hydrogen (secondary N) is 1. The summed E-state index contributed by atoms with van der Waals surface area (Å²) in [7, 11) is -2.26. The second kappa shape index (κ2) is 9.08. The Balaban J connectivity index is 1.53. The minimum atomic E-state index is -3.70. The third-order valence-corrected chi connectivity index (χ3v) is 8.06. The topological polar surface area (TPSA) is 66.5 Å². The van der Waals surface area contributed by atoms with E-state index < -0.39 is 10.0 Å². The summed E-state index contributed by atoms with van der Waals surface area (Å²) < 4.78 is 26.6. The number of fused-ring (bicyclic) bond motifs is 1.